The maximum absolute atomic E-state index is 12.0. The second kappa shape index (κ2) is 7.95. The highest BCUT2D eigenvalue weighted by atomic mass is 16.6. The highest BCUT2D eigenvalue weighted by molar-refractivity contribution is 5.66. The lowest BCUT2D eigenvalue weighted by atomic mass is 9.61. The summed E-state index contributed by atoms with van der Waals surface area (Å²) in [7, 11) is 1.74. The Kier molecular flexibility index (Phi) is 6.23. The van der Waals surface area contributed by atoms with Gasteiger partial charge in [-0.05, 0) is 45.4 Å². The Hall–Kier alpha value is -0.950. The van der Waals surface area contributed by atoms with Gasteiger partial charge in [0.15, 0.2) is 0 Å². The van der Waals surface area contributed by atoms with Gasteiger partial charge in [0, 0.05) is 32.3 Å². The van der Waals surface area contributed by atoms with E-state index in [1.54, 1.807) is 14.0 Å². The summed E-state index contributed by atoms with van der Waals surface area (Å²) >= 11 is 0. The zero-order valence-electron chi connectivity index (χ0n) is 18.8. The van der Waals surface area contributed by atoms with E-state index in [-0.39, 0.29) is 42.0 Å². The highest BCUT2D eigenvalue weighted by Crippen LogP contribution is 2.55. The van der Waals surface area contributed by atoms with Gasteiger partial charge < -0.3 is 24.4 Å². The van der Waals surface area contributed by atoms with Crippen LogP contribution in [0.1, 0.15) is 60.8 Å². The lowest BCUT2D eigenvalue weighted by Crippen LogP contribution is -2.53. The third-order valence-corrected chi connectivity index (χ3v) is 7.53. The minimum absolute atomic E-state index is 0.0308. The predicted octanol–water partition coefficient (Wildman–Crippen LogP) is 2.85. The molecule has 2 saturated heterocycles. The fourth-order valence-electron chi connectivity index (χ4n) is 6.17. The Morgan fingerprint density at radius 1 is 1.34 bits per heavy atom. The van der Waals surface area contributed by atoms with Crippen LogP contribution in [0.2, 0.25) is 0 Å². The maximum atomic E-state index is 12.0. The number of fused-ring (bicyclic) bond motifs is 5. The van der Waals surface area contributed by atoms with Gasteiger partial charge >= 0.3 is 5.97 Å². The molecule has 2 aliphatic heterocycles. The van der Waals surface area contributed by atoms with Crippen LogP contribution < -0.4 is 0 Å². The van der Waals surface area contributed by atoms with Gasteiger partial charge in [-0.15, -0.1) is 0 Å². The average molecular weight is 411 g/mol. The van der Waals surface area contributed by atoms with Crippen LogP contribution in [0.15, 0.2) is 11.6 Å². The van der Waals surface area contributed by atoms with Crippen molar-refractivity contribution in [1.29, 1.82) is 0 Å². The first-order chi connectivity index (χ1) is 13.4. The SMILES string of the molecule is CO[C@@H]1C=C(C)[C@H]2[C@@H]([C@H]1C(C)C)[C@H]1O[C@@H]2C[C@](C)(O)[C@@H](O)CC[C@@]1(C)OC(C)=O. The maximum Gasteiger partial charge on any atom is 0.303 e. The van der Waals surface area contributed by atoms with Crippen molar-refractivity contribution in [2.45, 2.75) is 96.4 Å². The van der Waals surface area contributed by atoms with E-state index < -0.39 is 17.3 Å². The van der Waals surface area contributed by atoms with E-state index in [9.17, 15) is 15.0 Å². The number of hydrogen-bond acceptors (Lipinski definition) is 6. The van der Waals surface area contributed by atoms with Gasteiger partial charge in [-0.3, -0.25) is 4.79 Å². The lowest BCUT2D eigenvalue weighted by Gasteiger charge is -2.47. The molecule has 2 bridgehead atoms. The molecule has 1 aliphatic carbocycles. The van der Waals surface area contributed by atoms with Gasteiger partial charge in [0.05, 0.1) is 23.9 Å². The molecule has 6 heteroatoms. The summed E-state index contributed by atoms with van der Waals surface area (Å²) in [6, 6.07) is 0. The fourth-order valence-corrected chi connectivity index (χ4v) is 6.17. The van der Waals surface area contributed by atoms with Crippen LogP contribution >= 0.6 is 0 Å². The molecular formula is C23H38O6. The largest absolute Gasteiger partial charge is 0.457 e. The van der Waals surface area contributed by atoms with Crippen molar-refractivity contribution >= 4 is 5.97 Å². The van der Waals surface area contributed by atoms with Crippen LogP contribution in [-0.2, 0) is 19.0 Å². The van der Waals surface area contributed by atoms with Gasteiger partial charge in [0.1, 0.15) is 11.7 Å². The lowest BCUT2D eigenvalue weighted by molar-refractivity contribution is -0.180. The van der Waals surface area contributed by atoms with Crippen molar-refractivity contribution in [2.75, 3.05) is 7.11 Å². The zero-order chi connectivity index (χ0) is 21.7. The van der Waals surface area contributed by atoms with Gasteiger partial charge in [-0.25, -0.2) is 0 Å². The zero-order valence-corrected chi connectivity index (χ0v) is 18.8. The second-order valence-electron chi connectivity index (χ2n) is 10.2. The molecule has 3 rings (SSSR count). The van der Waals surface area contributed by atoms with Crippen LogP contribution in [0.3, 0.4) is 0 Å². The number of methoxy groups -OCH3 is 1. The first-order valence-electron chi connectivity index (χ1n) is 10.9. The van der Waals surface area contributed by atoms with Crippen LogP contribution in [-0.4, -0.2) is 58.9 Å². The van der Waals surface area contributed by atoms with E-state index >= 15 is 0 Å². The molecule has 166 valence electrons. The van der Waals surface area contributed by atoms with Gasteiger partial charge in [0.2, 0.25) is 0 Å². The molecule has 3 aliphatic rings. The average Bonchev–Trinajstić information content (AvgIpc) is 2.98. The van der Waals surface area contributed by atoms with Crippen LogP contribution in [0.4, 0.5) is 0 Å². The first-order valence-corrected chi connectivity index (χ1v) is 10.9. The highest BCUT2D eigenvalue weighted by Gasteiger charge is 2.61. The molecule has 6 nitrogen and oxygen atoms in total. The third-order valence-electron chi connectivity index (χ3n) is 7.53. The Morgan fingerprint density at radius 3 is 2.55 bits per heavy atom. The number of aliphatic hydroxyl groups is 2. The smallest absolute Gasteiger partial charge is 0.303 e. The van der Waals surface area contributed by atoms with Crippen molar-refractivity contribution in [3.8, 4) is 0 Å². The van der Waals surface area contributed by atoms with E-state index in [1.165, 1.54) is 12.5 Å². The molecular weight excluding hydrogens is 372 g/mol. The number of carbonyl (C=O) groups excluding carboxylic acids is 1. The van der Waals surface area contributed by atoms with Crippen molar-refractivity contribution in [2.24, 2.45) is 23.7 Å². The first kappa shape index (κ1) is 22.7. The van der Waals surface area contributed by atoms with E-state index in [0.717, 1.165) is 0 Å². The summed E-state index contributed by atoms with van der Waals surface area (Å²) in [6.07, 6.45) is 1.79. The topological polar surface area (TPSA) is 85.2 Å². The van der Waals surface area contributed by atoms with E-state index in [0.29, 0.717) is 25.2 Å². The number of carbonyl (C=O) groups is 1. The molecule has 0 aromatic rings. The molecule has 0 unspecified atom stereocenters. The van der Waals surface area contributed by atoms with Crippen molar-refractivity contribution in [1.82, 2.24) is 0 Å². The molecule has 29 heavy (non-hydrogen) atoms. The molecule has 9 atom stereocenters. The van der Waals surface area contributed by atoms with Crippen molar-refractivity contribution in [3.05, 3.63) is 11.6 Å². The Labute approximate surface area is 174 Å². The quantitative estimate of drug-likeness (QED) is 0.550. The molecule has 0 saturated carbocycles. The summed E-state index contributed by atoms with van der Waals surface area (Å²) in [6.45, 7) is 11.5. The standard InChI is InChI=1S/C23H38O6/c1-12(2)18-15(27-7)10-13(3)19-16-11-22(5,26)17(25)8-9-23(6,29-14(4)24)21(28-16)20(18)19/h10,12,15-21,25-26H,8-9,11H2,1-7H3/t15-,16-,17+,18+,19-,20-,21-,22+,23-/m1/s1. The Balaban J connectivity index is 2.14. The predicted molar refractivity (Wildman–Crippen MR) is 109 cm³/mol. The summed E-state index contributed by atoms with van der Waals surface area (Å²) in [5, 5.41) is 21.7. The Bertz CT molecular complexity index is 656. The van der Waals surface area contributed by atoms with Gasteiger partial charge in [-0.2, -0.15) is 0 Å². The number of rotatable bonds is 3. The fraction of sp³-hybridized carbons (Fsp3) is 0.870. The van der Waals surface area contributed by atoms with Gasteiger partial charge in [-0.1, -0.05) is 25.5 Å². The molecule has 0 amide bonds. The van der Waals surface area contributed by atoms with E-state index in [2.05, 4.69) is 26.8 Å². The normalized spacial score (nSPS) is 47.7. The molecule has 0 spiro atoms. The minimum Gasteiger partial charge on any atom is -0.457 e. The summed E-state index contributed by atoms with van der Waals surface area (Å²) in [5.41, 5.74) is -0.965. The minimum atomic E-state index is -1.27. The second-order valence-corrected chi connectivity index (χ2v) is 10.2. The summed E-state index contributed by atoms with van der Waals surface area (Å²) in [4.78, 5) is 12.0. The van der Waals surface area contributed by atoms with Crippen LogP contribution in [0, 0.1) is 23.7 Å². The molecule has 2 fully saturated rings. The monoisotopic (exact) mass is 410 g/mol. The summed E-state index contributed by atoms with van der Waals surface area (Å²) in [5.74, 6) is 0.380. The van der Waals surface area contributed by atoms with Crippen molar-refractivity contribution < 1.29 is 29.2 Å². The Morgan fingerprint density at radius 2 is 2.00 bits per heavy atom. The van der Waals surface area contributed by atoms with Crippen molar-refractivity contribution in [3.63, 3.8) is 0 Å². The molecule has 2 heterocycles. The molecule has 0 aromatic heterocycles. The van der Waals surface area contributed by atoms with E-state index in [1.807, 2.05) is 6.92 Å². The molecule has 2 N–H and O–H groups in total. The number of ether oxygens (including phenoxy) is 3. The number of esters is 1. The van der Waals surface area contributed by atoms with Crippen LogP contribution in [0.25, 0.3) is 0 Å². The number of aliphatic hydroxyl groups excluding tert-OH is 1. The molecule has 0 radical (unpaired) electrons. The summed E-state index contributed by atoms with van der Waals surface area (Å²) < 4.78 is 18.4. The number of hydrogen-bond donors (Lipinski definition) is 2. The van der Waals surface area contributed by atoms with E-state index in [4.69, 9.17) is 14.2 Å². The van der Waals surface area contributed by atoms with Gasteiger partial charge in [0.25, 0.3) is 0 Å². The van der Waals surface area contributed by atoms with Crippen LogP contribution in [0.5, 0.6) is 0 Å². The molecule has 0 aromatic carbocycles. The third kappa shape index (κ3) is 4.01.